The molecule has 1 aliphatic rings. The van der Waals surface area contributed by atoms with Crippen LogP contribution >= 0.6 is 0 Å². The Morgan fingerprint density at radius 1 is 1.03 bits per heavy atom. The van der Waals surface area contributed by atoms with Gasteiger partial charge in [-0.3, -0.25) is 9.59 Å². The van der Waals surface area contributed by atoms with Crippen molar-refractivity contribution in [3.63, 3.8) is 0 Å². The molecule has 1 fully saturated rings. The number of aromatic nitrogens is 1. The quantitative estimate of drug-likeness (QED) is 0.601. The second-order valence-corrected chi connectivity index (χ2v) is 7.38. The number of benzene rings is 2. The van der Waals surface area contributed by atoms with Gasteiger partial charge in [-0.25, -0.2) is 4.98 Å². The monoisotopic (exact) mass is 401 g/mol. The standard InChI is InChI=1S/C24H23N3O3/c1-16(17-9-11-20(12-10-17)27-23(28)18-7-8-18)26-24(29)19-13-14-25-22(15-19)30-21-5-3-2-4-6-21/h2-6,9-16,18H,7-8H2,1H3,(H,26,29)(H,27,28)/t16-/m1/s1. The summed E-state index contributed by atoms with van der Waals surface area (Å²) in [6.07, 6.45) is 3.50. The first-order chi connectivity index (χ1) is 14.6. The Labute approximate surface area is 175 Å². The fraction of sp³-hybridized carbons (Fsp3) is 0.208. The highest BCUT2D eigenvalue weighted by molar-refractivity contribution is 5.95. The fourth-order valence-electron chi connectivity index (χ4n) is 3.02. The molecule has 3 aromatic rings. The van der Waals surface area contributed by atoms with E-state index in [1.165, 1.54) is 0 Å². The van der Waals surface area contributed by atoms with Crippen LogP contribution in [0.4, 0.5) is 5.69 Å². The van der Waals surface area contributed by atoms with Gasteiger partial charge in [-0.2, -0.15) is 0 Å². The molecule has 2 N–H and O–H groups in total. The second-order valence-electron chi connectivity index (χ2n) is 7.38. The third-order valence-corrected chi connectivity index (χ3v) is 4.94. The Balaban J connectivity index is 1.37. The minimum atomic E-state index is -0.214. The van der Waals surface area contributed by atoms with Crippen molar-refractivity contribution in [2.24, 2.45) is 5.92 Å². The van der Waals surface area contributed by atoms with Gasteiger partial charge in [0.1, 0.15) is 5.75 Å². The lowest BCUT2D eigenvalue weighted by Gasteiger charge is -2.15. The lowest BCUT2D eigenvalue weighted by atomic mass is 10.1. The van der Waals surface area contributed by atoms with E-state index in [1.54, 1.807) is 18.3 Å². The third-order valence-electron chi connectivity index (χ3n) is 4.94. The average Bonchev–Trinajstić information content (AvgIpc) is 3.61. The summed E-state index contributed by atoms with van der Waals surface area (Å²) in [5.41, 5.74) is 2.18. The van der Waals surface area contributed by atoms with E-state index in [2.05, 4.69) is 15.6 Å². The number of ether oxygens (including phenoxy) is 1. The predicted molar refractivity (Wildman–Crippen MR) is 114 cm³/mol. The molecule has 0 bridgehead atoms. The Hall–Kier alpha value is -3.67. The van der Waals surface area contributed by atoms with Crippen molar-refractivity contribution in [3.8, 4) is 11.6 Å². The molecule has 152 valence electrons. The summed E-state index contributed by atoms with van der Waals surface area (Å²) in [6.45, 7) is 1.91. The van der Waals surface area contributed by atoms with Gasteiger partial charge in [0.05, 0.1) is 6.04 Å². The minimum Gasteiger partial charge on any atom is -0.439 e. The van der Waals surface area contributed by atoms with Gasteiger partial charge < -0.3 is 15.4 Å². The number of para-hydroxylation sites is 1. The molecule has 4 rings (SSSR count). The van der Waals surface area contributed by atoms with Gasteiger partial charge in [-0.1, -0.05) is 30.3 Å². The highest BCUT2D eigenvalue weighted by Crippen LogP contribution is 2.30. The molecule has 2 amide bonds. The van der Waals surface area contributed by atoms with Gasteiger partial charge in [-0.15, -0.1) is 0 Å². The summed E-state index contributed by atoms with van der Waals surface area (Å²) in [5.74, 6) is 1.05. The first-order valence-electron chi connectivity index (χ1n) is 9.99. The van der Waals surface area contributed by atoms with E-state index in [0.717, 1.165) is 24.1 Å². The molecule has 1 aromatic heterocycles. The van der Waals surface area contributed by atoms with Crippen LogP contribution < -0.4 is 15.4 Å². The molecule has 6 nitrogen and oxygen atoms in total. The van der Waals surface area contributed by atoms with Crippen molar-refractivity contribution < 1.29 is 14.3 Å². The third kappa shape index (κ3) is 5.03. The molecule has 0 aliphatic heterocycles. The van der Waals surface area contributed by atoms with Crippen molar-refractivity contribution in [1.82, 2.24) is 10.3 Å². The van der Waals surface area contributed by atoms with Gasteiger partial charge in [0.2, 0.25) is 11.8 Å². The van der Waals surface area contributed by atoms with Crippen LogP contribution in [0.1, 0.15) is 41.7 Å². The molecule has 1 aliphatic carbocycles. The van der Waals surface area contributed by atoms with Crippen LogP contribution in [0.5, 0.6) is 11.6 Å². The Kier molecular flexibility index (Phi) is 5.75. The van der Waals surface area contributed by atoms with E-state index in [9.17, 15) is 9.59 Å². The summed E-state index contributed by atoms with van der Waals surface area (Å²) in [5, 5.41) is 5.90. The van der Waals surface area contributed by atoms with Crippen LogP contribution in [0.15, 0.2) is 72.9 Å². The Bertz CT molecular complexity index is 1030. The molecular formula is C24H23N3O3. The zero-order valence-electron chi connectivity index (χ0n) is 16.7. The molecule has 0 spiro atoms. The SMILES string of the molecule is C[C@@H](NC(=O)c1ccnc(Oc2ccccc2)c1)c1ccc(NC(=O)C2CC2)cc1. The highest BCUT2D eigenvalue weighted by Gasteiger charge is 2.29. The maximum Gasteiger partial charge on any atom is 0.252 e. The number of anilines is 1. The van der Waals surface area contributed by atoms with Gasteiger partial charge in [0.25, 0.3) is 5.91 Å². The molecule has 1 atom stereocenters. The molecule has 0 radical (unpaired) electrons. The van der Waals surface area contributed by atoms with E-state index in [1.807, 2.05) is 61.5 Å². The first kappa shape index (κ1) is 19.6. The number of amides is 2. The van der Waals surface area contributed by atoms with Crippen LogP contribution in [0.2, 0.25) is 0 Å². The van der Waals surface area contributed by atoms with E-state index in [-0.39, 0.29) is 23.8 Å². The maximum absolute atomic E-state index is 12.7. The zero-order valence-corrected chi connectivity index (χ0v) is 16.7. The number of nitrogens with one attached hydrogen (secondary N) is 2. The zero-order chi connectivity index (χ0) is 20.9. The van der Waals surface area contributed by atoms with Crippen LogP contribution in [0.3, 0.4) is 0 Å². The van der Waals surface area contributed by atoms with Gasteiger partial charge >= 0.3 is 0 Å². The Morgan fingerprint density at radius 2 is 1.77 bits per heavy atom. The van der Waals surface area contributed by atoms with Gasteiger partial charge in [0, 0.05) is 29.4 Å². The minimum absolute atomic E-state index is 0.0790. The summed E-state index contributed by atoms with van der Waals surface area (Å²) < 4.78 is 5.70. The van der Waals surface area contributed by atoms with Crippen LogP contribution in [-0.4, -0.2) is 16.8 Å². The smallest absolute Gasteiger partial charge is 0.252 e. The van der Waals surface area contributed by atoms with Crippen molar-refractivity contribution in [2.75, 3.05) is 5.32 Å². The maximum atomic E-state index is 12.7. The lowest BCUT2D eigenvalue weighted by Crippen LogP contribution is -2.26. The fourth-order valence-corrected chi connectivity index (χ4v) is 3.02. The highest BCUT2D eigenvalue weighted by atomic mass is 16.5. The predicted octanol–water partition coefficient (Wildman–Crippen LogP) is 4.71. The number of hydrogen-bond donors (Lipinski definition) is 2. The Morgan fingerprint density at radius 3 is 2.47 bits per heavy atom. The second kappa shape index (κ2) is 8.78. The molecule has 0 unspecified atom stereocenters. The average molecular weight is 401 g/mol. The number of carbonyl (C=O) groups is 2. The molecule has 1 heterocycles. The molecule has 1 saturated carbocycles. The van der Waals surface area contributed by atoms with E-state index in [0.29, 0.717) is 17.2 Å². The van der Waals surface area contributed by atoms with E-state index < -0.39 is 0 Å². The number of nitrogens with zero attached hydrogens (tertiary/aromatic N) is 1. The largest absolute Gasteiger partial charge is 0.439 e. The summed E-state index contributed by atoms with van der Waals surface area (Å²) >= 11 is 0. The van der Waals surface area contributed by atoms with Crippen molar-refractivity contribution in [1.29, 1.82) is 0 Å². The lowest BCUT2D eigenvalue weighted by molar-refractivity contribution is -0.117. The number of hydrogen-bond acceptors (Lipinski definition) is 4. The van der Waals surface area contributed by atoms with Crippen molar-refractivity contribution in [3.05, 3.63) is 84.1 Å². The molecular weight excluding hydrogens is 378 g/mol. The number of rotatable bonds is 7. The van der Waals surface area contributed by atoms with Gasteiger partial charge in [0.15, 0.2) is 0 Å². The summed E-state index contributed by atoms with van der Waals surface area (Å²) in [6, 6.07) is 19.9. The van der Waals surface area contributed by atoms with Crippen LogP contribution in [0, 0.1) is 5.92 Å². The topological polar surface area (TPSA) is 80.3 Å². The van der Waals surface area contributed by atoms with Crippen molar-refractivity contribution in [2.45, 2.75) is 25.8 Å². The molecule has 2 aromatic carbocycles. The van der Waals surface area contributed by atoms with E-state index >= 15 is 0 Å². The molecule has 6 heteroatoms. The van der Waals surface area contributed by atoms with Crippen LogP contribution in [-0.2, 0) is 4.79 Å². The van der Waals surface area contributed by atoms with Crippen LogP contribution in [0.25, 0.3) is 0 Å². The summed E-state index contributed by atoms with van der Waals surface area (Å²) in [4.78, 5) is 28.7. The first-order valence-corrected chi connectivity index (χ1v) is 9.99. The normalized spacial score (nSPS) is 13.9. The molecule has 0 saturated heterocycles. The number of carbonyl (C=O) groups excluding carboxylic acids is 2. The van der Waals surface area contributed by atoms with Gasteiger partial charge in [-0.05, 0) is 55.7 Å². The summed E-state index contributed by atoms with van der Waals surface area (Å²) in [7, 11) is 0. The van der Waals surface area contributed by atoms with E-state index in [4.69, 9.17) is 4.74 Å². The van der Waals surface area contributed by atoms with Crippen molar-refractivity contribution >= 4 is 17.5 Å². The number of pyridine rings is 1. The molecule has 30 heavy (non-hydrogen) atoms.